The summed E-state index contributed by atoms with van der Waals surface area (Å²) in [6, 6.07) is 0. The third kappa shape index (κ3) is 4.04. The Labute approximate surface area is 79.9 Å². The number of hydrazine groups is 1. The molecule has 2 unspecified atom stereocenters. The second-order valence-corrected chi connectivity index (χ2v) is 3.38. The van der Waals surface area contributed by atoms with Crippen LogP contribution in [0.3, 0.4) is 0 Å². The Balaban J connectivity index is 2.11. The van der Waals surface area contributed by atoms with Crippen molar-refractivity contribution in [3.8, 4) is 0 Å². The van der Waals surface area contributed by atoms with Gasteiger partial charge in [0.1, 0.15) is 6.73 Å². The quantitative estimate of drug-likeness (QED) is 0.377. The molecule has 1 saturated carbocycles. The predicted octanol–water partition coefficient (Wildman–Crippen LogP) is 0.642. The minimum Gasteiger partial charge on any atom is -0.381 e. The van der Waals surface area contributed by atoms with Gasteiger partial charge < -0.3 is 9.47 Å². The van der Waals surface area contributed by atoms with Gasteiger partial charge in [0.25, 0.3) is 0 Å². The monoisotopic (exact) mass is 188 g/mol. The van der Waals surface area contributed by atoms with Gasteiger partial charge in [-0.25, -0.2) is 5.43 Å². The van der Waals surface area contributed by atoms with Gasteiger partial charge in [-0.15, -0.1) is 0 Å². The van der Waals surface area contributed by atoms with Crippen molar-refractivity contribution < 1.29 is 9.47 Å². The van der Waals surface area contributed by atoms with Crippen molar-refractivity contribution in [3.63, 3.8) is 0 Å². The van der Waals surface area contributed by atoms with Gasteiger partial charge in [0.05, 0.1) is 12.2 Å². The molecule has 1 aliphatic rings. The molecule has 78 valence electrons. The highest BCUT2D eigenvalue weighted by molar-refractivity contribution is 4.73. The fourth-order valence-corrected chi connectivity index (χ4v) is 1.70. The first kappa shape index (κ1) is 10.9. The van der Waals surface area contributed by atoms with E-state index in [4.69, 9.17) is 9.47 Å². The summed E-state index contributed by atoms with van der Waals surface area (Å²) in [5, 5.41) is 0. The van der Waals surface area contributed by atoms with E-state index in [1.54, 1.807) is 7.11 Å². The van der Waals surface area contributed by atoms with Crippen molar-refractivity contribution in [2.45, 2.75) is 37.9 Å². The van der Waals surface area contributed by atoms with Crippen LogP contribution in [-0.4, -0.2) is 33.1 Å². The molecule has 0 aliphatic heterocycles. The number of methoxy groups -OCH3 is 1. The summed E-state index contributed by atoms with van der Waals surface area (Å²) < 4.78 is 10.9. The summed E-state index contributed by atoms with van der Waals surface area (Å²) in [5.41, 5.74) is 5.74. The van der Waals surface area contributed by atoms with Crippen molar-refractivity contribution >= 4 is 0 Å². The number of hydrogen-bond donors (Lipinski definition) is 2. The summed E-state index contributed by atoms with van der Waals surface area (Å²) in [5.74, 6) is 0. The molecule has 0 radical (unpaired) electrons. The molecular weight excluding hydrogens is 168 g/mol. The fourth-order valence-electron chi connectivity index (χ4n) is 1.70. The van der Waals surface area contributed by atoms with Crippen LogP contribution in [0.1, 0.15) is 25.7 Å². The Morgan fingerprint density at radius 3 is 2.77 bits per heavy atom. The highest BCUT2D eigenvalue weighted by Gasteiger charge is 2.21. The molecule has 1 aliphatic carbocycles. The summed E-state index contributed by atoms with van der Waals surface area (Å²) in [6.45, 7) is 0.567. The molecule has 2 N–H and O–H groups in total. The number of nitrogens with one attached hydrogen (secondary N) is 2. The molecule has 0 heterocycles. The first-order valence-electron chi connectivity index (χ1n) is 4.90. The van der Waals surface area contributed by atoms with E-state index in [1.165, 1.54) is 12.8 Å². The lowest BCUT2D eigenvalue weighted by atomic mass is 9.95. The van der Waals surface area contributed by atoms with Crippen molar-refractivity contribution in [2.24, 2.45) is 0 Å². The molecule has 0 aromatic rings. The van der Waals surface area contributed by atoms with Crippen molar-refractivity contribution in [2.75, 3.05) is 20.9 Å². The largest absolute Gasteiger partial charge is 0.381 e. The molecule has 0 amide bonds. The third-order valence-corrected chi connectivity index (χ3v) is 2.48. The van der Waals surface area contributed by atoms with E-state index < -0.39 is 0 Å². The molecule has 1 rings (SSSR count). The van der Waals surface area contributed by atoms with Gasteiger partial charge in [-0.05, 0) is 32.7 Å². The SMILES string of the molecule is CNNCOC1CCCC(OC)C1. The topological polar surface area (TPSA) is 42.5 Å². The van der Waals surface area contributed by atoms with E-state index in [9.17, 15) is 0 Å². The minimum absolute atomic E-state index is 0.361. The Hall–Kier alpha value is -0.160. The smallest absolute Gasteiger partial charge is 0.109 e. The van der Waals surface area contributed by atoms with Gasteiger partial charge in [0.2, 0.25) is 0 Å². The van der Waals surface area contributed by atoms with Crippen LogP contribution < -0.4 is 10.9 Å². The minimum atomic E-state index is 0.361. The Bertz CT molecular complexity index is 133. The van der Waals surface area contributed by atoms with Gasteiger partial charge >= 0.3 is 0 Å². The Kier molecular flexibility index (Phi) is 5.31. The maximum absolute atomic E-state index is 5.60. The van der Waals surface area contributed by atoms with Crippen molar-refractivity contribution in [3.05, 3.63) is 0 Å². The van der Waals surface area contributed by atoms with Crippen LogP contribution in [0.25, 0.3) is 0 Å². The van der Waals surface area contributed by atoms with E-state index in [2.05, 4.69) is 10.9 Å². The standard InChI is InChI=1S/C9H20N2O2/c1-10-11-7-13-9-5-3-4-8(6-9)12-2/h8-11H,3-7H2,1-2H3. The second kappa shape index (κ2) is 6.32. The molecule has 0 aromatic carbocycles. The van der Waals surface area contributed by atoms with E-state index in [-0.39, 0.29) is 0 Å². The summed E-state index contributed by atoms with van der Waals surface area (Å²) in [7, 11) is 3.61. The first-order valence-corrected chi connectivity index (χ1v) is 4.90. The summed E-state index contributed by atoms with van der Waals surface area (Å²) >= 11 is 0. The lowest BCUT2D eigenvalue weighted by molar-refractivity contribution is -0.0371. The van der Waals surface area contributed by atoms with Crippen LogP contribution in [0.2, 0.25) is 0 Å². The maximum Gasteiger partial charge on any atom is 0.109 e. The van der Waals surface area contributed by atoms with E-state index in [0.717, 1.165) is 12.8 Å². The van der Waals surface area contributed by atoms with Crippen LogP contribution in [0.4, 0.5) is 0 Å². The average Bonchev–Trinajstić information content (AvgIpc) is 2.19. The second-order valence-electron chi connectivity index (χ2n) is 3.38. The molecule has 1 fully saturated rings. The van der Waals surface area contributed by atoms with Crippen LogP contribution in [-0.2, 0) is 9.47 Å². The molecule has 0 bridgehead atoms. The Morgan fingerprint density at radius 1 is 1.31 bits per heavy atom. The molecule has 0 saturated heterocycles. The predicted molar refractivity (Wildman–Crippen MR) is 51.2 cm³/mol. The van der Waals surface area contributed by atoms with Gasteiger partial charge in [-0.1, -0.05) is 0 Å². The van der Waals surface area contributed by atoms with E-state index in [0.29, 0.717) is 18.9 Å². The van der Waals surface area contributed by atoms with Gasteiger partial charge in [0, 0.05) is 7.11 Å². The van der Waals surface area contributed by atoms with Crippen LogP contribution in [0.5, 0.6) is 0 Å². The molecule has 2 atom stereocenters. The number of hydrogen-bond acceptors (Lipinski definition) is 4. The molecule has 13 heavy (non-hydrogen) atoms. The summed E-state index contributed by atoms with van der Waals surface area (Å²) in [6.07, 6.45) is 5.33. The van der Waals surface area contributed by atoms with Crippen LogP contribution in [0, 0.1) is 0 Å². The Morgan fingerprint density at radius 2 is 2.08 bits per heavy atom. The van der Waals surface area contributed by atoms with Gasteiger partial charge in [0.15, 0.2) is 0 Å². The van der Waals surface area contributed by atoms with Crippen molar-refractivity contribution in [1.82, 2.24) is 10.9 Å². The summed E-state index contributed by atoms with van der Waals surface area (Å²) in [4.78, 5) is 0. The zero-order chi connectivity index (χ0) is 9.52. The number of rotatable bonds is 5. The van der Waals surface area contributed by atoms with E-state index in [1.807, 2.05) is 7.05 Å². The van der Waals surface area contributed by atoms with Crippen LogP contribution in [0.15, 0.2) is 0 Å². The molecule has 0 spiro atoms. The van der Waals surface area contributed by atoms with Crippen LogP contribution >= 0.6 is 0 Å². The van der Waals surface area contributed by atoms with Gasteiger partial charge in [-0.2, -0.15) is 0 Å². The highest BCUT2D eigenvalue weighted by Crippen LogP contribution is 2.22. The fraction of sp³-hybridized carbons (Fsp3) is 1.00. The normalized spacial score (nSPS) is 29.1. The van der Waals surface area contributed by atoms with Crippen molar-refractivity contribution in [1.29, 1.82) is 0 Å². The zero-order valence-electron chi connectivity index (χ0n) is 8.51. The molecule has 4 nitrogen and oxygen atoms in total. The lowest BCUT2D eigenvalue weighted by Crippen LogP contribution is -2.35. The van der Waals surface area contributed by atoms with Gasteiger partial charge in [-0.3, -0.25) is 5.43 Å². The molecule has 4 heteroatoms. The first-order chi connectivity index (χ1) is 6.36. The maximum atomic E-state index is 5.60. The molecule has 0 aromatic heterocycles. The average molecular weight is 188 g/mol. The zero-order valence-corrected chi connectivity index (χ0v) is 8.51. The highest BCUT2D eigenvalue weighted by atomic mass is 16.5. The third-order valence-electron chi connectivity index (χ3n) is 2.48. The van der Waals surface area contributed by atoms with E-state index >= 15 is 0 Å². The molecular formula is C9H20N2O2. The lowest BCUT2D eigenvalue weighted by Gasteiger charge is -2.28. The number of ether oxygens (including phenoxy) is 2.